The highest BCUT2D eigenvalue weighted by atomic mass is 35.5. The summed E-state index contributed by atoms with van der Waals surface area (Å²) in [5.41, 5.74) is 1.58. The largest absolute Gasteiger partial charge is 0.487 e. The topological polar surface area (TPSA) is 78.9 Å². The lowest BCUT2D eigenvalue weighted by Crippen LogP contribution is -2.34. The van der Waals surface area contributed by atoms with E-state index < -0.39 is 11.8 Å². The zero-order valence-electron chi connectivity index (χ0n) is 13.8. The van der Waals surface area contributed by atoms with Gasteiger partial charge in [-0.15, -0.1) is 0 Å². The average molecular weight is 373 g/mol. The van der Waals surface area contributed by atoms with E-state index in [1.165, 1.54) is 6.08 Å². The van der Waals surface area contributed by atoms with Crippen molar-refractivity contribution >= 4 is 29.1 Å². The number of carbonyl (C=O) groups excluding carboxylic acids is 2. The van der Waals surface area contributed by atoms with E-state index in [0.717, 1.165) is 10.5 Å². The van der Waals surface area contributed by atoms with Gasteiger partial charge >= 0.3 is 0 Å². The molecule has 7 heteroatoms. The van der Waals surface area contributed by atoms with Gasteiger partial charge < -0.3 is 15.2 Å². The third-order valence-corrected chi connectivity index (χ3v) is 4.02. The molecule has 26 heavy (non-hydrogen) atoms. The molecule has 0 radical (unpaired) electrons. The van der Waals surface area contributed by atoms with E-state index >= 15 is 0 Å². The zero-order valence-corrected chi connectivity index (χ0v) is 14.6. The van der Waals surface area contributed by atoms with E-state index in [1.807, 2.05) is 30.3 Å². The quantitative estimate of drug-likeness (QED) is 0.730. The van der Waals surface area contributed by atoms with E-state index in [-0.39, 0.29) is 18.8 Å². The lowest BCUT2D eigenvalue weighted by atomic mass is 10.2. The van der Waals surface area contributed by atoms with Gasteiger partial charge in [0.15, 0.2) is 0 Å². The third kappa shape index (κ3) is 4.04. The molecule has 1 aliphatic rings. The van der Waals surface area contributed by atoms with E-state index in [4.69, 9.17) is 21.4 Å². The first kappa shape index (κ1) is 18.0. The number of rotatable bonds is 7. The number of ether oxygens (including phenoxy) is 1. The second-order valence-electron chi connectivity index (χ2n) is 5.62. The van der Waals surface area contributed by atoms with Gasteiger partial charge in [0, 0.05) is 11.1 Å². The minimum Gasteiger partial charge on any atom is -0.487 e. The Morgan fingerprint density at radius 1 is 1.12 bits per heavy atom. The molecule has 0 aromatic heterocycles. The van der Waals surface area contributed by atoms with Gasteiger partial charge in [0.25, 0.3) is 11.8 Å². The molecule has 6 nitrogen and oxygen atoms in total. The van der Waals surface area contributed by atoms with Crippen molar-refractivity contribution in [1.29, 1.82) is 0 Å². The summed E-state index contributed by atoms with van der Waals surface area (Å²) in [4.78, 5) is 25.1. The Morgan fingerprint density at radius 2 is 1.88 bits per heavy atom. The number of amides is 2. The van der Waals surface area contributed by atoms with Crippen LogP contribution >= 0.6 is 11.6 Å². The summed E-state index contributed by atoms with van der Waals surface area (Å²) in [7, 11) is 0. The highest BCUT2D eigenvalue weighted by Crippen LogP contribution is 2.31. The van der Waals surface area contributed by atoms with Crippen LogP contribution in [0.3, 0.4) is 0 Å². The van der Waals surface area contributed by atoms with Crippen LogP contribution in [0.4, 0.5) is 5.69 Å². The van der Waals surface area contributed by atoms with Crippen molar-refractivity contribution < 1.29 is 19.4 Å². The third-order valence-electron chi connectivity index (χ3n) is 3.78. The Labute approximate surface area is 155 Å². The molecule has 0 fully saturated rings. The lowest BCUT2D eigenvalue weighted by Gasteiger charge is -2.16. The van der Waals surface area contributed by atoms with Crippen molar-refractivity contribution in [2.45, 2.75) is 6.61 Å². The minimum absolute atomic E-state index is 0.0493. The van der Waals surface area contributed by atoms with Gasteiger partial charge in [-0.2, -0.15) is 0 Å². The molecule has 0 saturated heterocycles. The molecule has 2 N–H and O–H groups in total. The molecule has 134 valence electrons. The van der Waals surface area contributed by atoms with Crippen LogP contribution in [0.25, 0.3) is 0 Å². The Bertz CT molecular complexity index is 852. The first-order valence-electron chi connectivity index (χ1n) is 8.00. The van der Waals surface area contributed by atoms with Crippen LogP contribution in [0.1, 0.15) is 5.56 Å². The number of hydrogen-bond donors (Lipinski definition) is 2. The van der Waals surface area contributed by atoms with Gasteiger partial charge in [-0.25, -0.2) is 0 Å². The van der Waals surface area contributed by atoms with Gasteiger partial charge in [0.1, 0.15) is 18.1 Å². The molecule has 3 rings (SSSR count). The number of anilines is 1. The van der Waals surface area contributed by atoms with Crippen LogP contribution < -0.4 is 10.1 Å². The van der Waals surface area contributed by atoms with Crippen LogP contribution in [0.15, 0.2) is 60.3 Å². The standard InChI is InChI=1S/C19H17ClN2O4/c20-14-6-7-17(26-12-13-4-2-1-3-5-13)15(10-14)21-16-11-18(24)22(8-9-23)19(16)25/h1-7,10-11,21,23H,8-9,12H2. The van der Waals surface area contributed by atoms with Gasteiger partial charge in [0.2, 0.25) is 0 Å². The van der Waals surface area contributed by atoms with Crippen molar-refractivity contribution in [2.24, 2.45) is 0 Å². The Morgan fingerprint density at radius 3 is 2.62 bits per heavy atom. The van der Waals surface area contributed by atoms with Crippen molar-refractivity contribution in [2.75, 3.05) is 18.5 Å². The number of imide groups is 1. The van der Waals surface area contributed by atoms with Crippen LogP contribution in [-0.4, -0.2) is 35.0 Å². The molecule has 0 aliphatic carbocycles. The van der Waals surface area contributed by atoms with Crippen LogP contribution in [0.2, 0.25) is 5.02 Å². The van der Waals surface area contributed by atoms with Gasteiger partial charge in [-0.05, 0) is 23.8 Å². The van der Waals surface area contributed by atoms with E-state index in [1.54, 1.807) is 18.2 Å². The summed E-state index contributed by atoms with van der Waals surface area (Å²) in [5.74, 6) is -0.474. The maximum atomic E-state index is 12.3. The summed E-state index contributed by atoms with van der Waals surface area (Å²) in [6, 6.07) is 14.6. The molecule has 1 heterocycles. The molecular weight excluding hydrogens is 356 g/mol. The molecule has 1 aliphatic heterocycles. The molecule has 0 atom stereocenters. The number of halogens is 1. The highest BCUT2D eigenvalue weighted by Gasteiger charge is 2.31. The van der Waals surface area contributed by atoms with E-state index in [2.05, 4.69) is 5.32 Å². The fourth-order valence-electron chi connectivity index (χ4n) is 2.52. The van der Waals surface area contributed by atoms with Gasteiger partial charge in [-0.3, -0.25) is 14.5 Å². The van der Waals surface area contributed by atoms with Crippen molar-refractivity contribution in [3.8, 4) is 5.75 Å². The first-order chi connectivity index (χ1) is 12.6. The number of aliphatic hydroxyl groups is 1. The maximum absolute atomic E-state index is 12.3. The monoisotopic (exact) mass is 372 g/mol. The minimum atomic E-state index is -0.502. The molecule has 0 spiro atoms. The zero-order chi connectivity index (χ0) is 18.5. The van der Waals surface area contributed by atoms with Gasteiger partial charge in [-0.1, -0.05) is 41.9 Å². The SMILES string of the molecule is O=C1C=C(Nc2cc(Cl)ccc2OCc2ccccc2)C(=O)N1CCO. The number of β-amino-alcohol motifs (C(OH)–C–C–N with tert-alkyl or cyclic N) is 1. The summed E-state index contributed by atoms with van der Waals surface area (Å²) >= 11 is 6.05. The lowest BCUT2D eigenvalue weighted by molar-refractivity contribution is -0.137. The molecule has 2 aromatic rings. The smallest absolute Gasteiger partial charge is 0.277 e. The summed E-state index contributed by atoms with van der Waals surface area (Å²) in [6.45, 7) is 0.00712. The normalized spacial score (nSPS) is 13.8. The predicted molar refractivity (Wildman–Crippen MR) is 97.7 cm³/mol. The highest BCUT2D eigenvalue weighted by molar-refractivity contribution is 6.31. The Kier molecular flexibility index (Phi) is 5.55. The summed E-state index contributed by atoms with van der Waals surface area (Å²) < 4.78 is 5.83. The van der Waals surface area contributed by atoms with Crippen LogP contribution in [0, 0.1) is 0 Å². The number of hydrogen-bond acceptors (Lipinski definition) is 5. The van der Waals surface area contributed by atoms with Gasteiger partial charge in [0.05, 0.1) is 18.8 Å². The molecule has 2 amide bonds. The van der Waals surface area contributed by atoms with Crippen LogP contribution in [-0.2, 0) is 16.2 Å². The number of nitrogens with zero attached hydrogens (tertiary/aromatic N) is 1. The first-order valence-corrected chi connectivity index (χ1v) is 8.38. The average Bonchev–Trinajstić information content (AvgIpc) is 2.90. The summed E-state index contributed by atoms with van der Waals surface area (Å²) in [6.07, 6.45) is 1.19. The van der Waals surface area contributed by atoms with Crippen molar-refractivity contribution in [3.05, 3.63) is 70.9 Å². The Balaban J connectivity index is 1.77. The number of carbonyl (C=O) groups is 2. The van der Waals surface area contributed by atoms with E-state index in [9.17, 15) is 9.59 Å². The fourth-order valence-corrected chi connectivity index (χ4v) is 2.69. The van der Waals surface area contributed by atoms with E-state index in [0.29, 0.717) is 23.1 Å². The molecule has 0 bridgehead atoms. The maximum Gasteiger partial charge on any atom is 0.277 e. The number of nitrogens with one attached hydrogen (secondary N) is 1. The molecular formula is C19H17ClN2O4. The molecule has 0 saturated carbocycles. The van der Waals surface area contributed by atoms with Crippen molar-refractivity contribution in [3.63, 3.8) is 0 Å². The number of benzene rings is 2. The second kappa shape index (κ2) is 8.03. The number of aliphatic hydroxyl groups excluding tert-OH is 1. The fraction of sp³-hybridized carbons (Fsp3) is 0.158. The Hall–Kier alpha value is -2.83. The predicted octanol–water partition coefficient (Wildman–Crippen LogP) is 2.58. The van der Waals surface area contributed by atoms with Crippen LogP contribution in [0.5, 0.6) is 5.75 Å². The molecule has 2 aromatic carbocycles. The molecule has 0 unspecified atom stereocenters. The summed E-state index contributed by atoms with van der Waals surface area (Å²) in [5, 5.41) is 12.3. The second-order valence-corrected chi connectivity index (χ2v) is 6.05. The van der Waals surface area contributed by atoms with Crippen molar-refractivity contribution in [1.82, 2.24) is 4.90 Å².